The molecule has 21 heavy (non-hydrogen) atoms. The fourth-order valence-electron chi connectivity index (χ4n) is 2.61. The van der Waals surface area contributed by atoms with Crippen LogP contribution in [0, 0.1) is 0 Å². The van der Waals surface area contributed by atoms with Gasteiger partial charge < -0.3 is 10.6 Å². The van der Waals surface area contributed by atoms with Gasteiger partial charge in [-0.15, -0.1) is 0 Å². The van der Waals surface area contributed by atoms with E-state index in [2.05, 4.69) is 10.6 Å². The second-order valence-corrected chi connectivity index (χ2v) is 5.45. The Labute approximate surface area is 121 Å². The molecule has 0 radical (unpaired) electrons. The fourth-order valence-corrected chi connectivity index (χ4v) is 2.61. The number of benzene rings is 1. The smallest absolute Gasteiger partial charge is 0.387 e. The lowest BCUT2D eigenvalue weighted by molar-refractivity contribution is -0.137. The lowest BCUT2D eigenvalue weighted by Crippen LogP contribution is -2.53. The average Bonchev–Trinajstić information content (AvgIpc) is 2.40. The summed E-state index contributed by atoms with van der Waals surface area (Å²) in [6.45, 7) is 1.98. The standard InChI is InChI=1S/C15H19F3N2O/c1-3-14(7-4-8-14)20-13(21)11-9-10(15(16,17)18)5-6-12(11)19-2/h5-6,9,19H,3-4,7-8H2,1-2H3,(H,20,21). The molecule has 1 aliphatic carbocycles. The molecule has 1 amide bonds. The van der Waals surface area contributed by atoms with Gasteiger partial charge in [-0.2, -0.15) is 13.2 Å². The van der Waals surface area contributed by atoms with Crippen LogP contribution in [0.25, 0.3) is 0 Å². The van der Waals surface area contributed by atoms with Crippen molar-refractivity contribution in [2.75, 3.05) is 12.4 Å². The van der Waals surface area contributed by atoms with Crippen molar-refractivity contribution in [3.63, 3.8) is 0 Å². The third-order valence-corrected chi connectivity index (χ3v) is 4.23. The highest BCUT2D eigenvalue weighted by Crippen LogP contribution is 2.36. The maximum atomic E-state index is 12.8. The Balaban J connectivity index is 2.30. The normalized spacial score (nSPS) is 17.0. The quantitative estimate of drug-likeness (QED) is 0.888. The summed E-state index contributed by atoms with van der Waals surface area (Å²) in [6.07, 6.45) is -0.880. The van der Waals surface area contributed by atoms with Crippen molar-refractivity contribution in [2.45, 2.75) is 44.3 Å². The van der Waals surface area contributed by atoms with Gasteiger partial charge in [0.2, 0.25) is 0 Å². The Morgan fingerprint density at radius 1 is 1.33 bits per heavy atom. The first kappa shape index (κ1) is 15.7. The molecule has 1 fully saturated rings. The third kappa shape index (κ3) is 3.14. The summed E-state index contributed by atoms with van der Waals surface area (Å²) in [6, 6.07) is 3.17. The van der Waals surface area contributed by atoms with Gasteiger partial charge in [0.25, 0.3) is 5.91 Å². The molecule has 2 N–H and O–H groups in total. The van der Waals surface area contributed by atoms with E-state index in [0.717, 1.165) is 37.8 Å². The first-order valence-corrected chi connectivity index (χ1v) is 7.03. The van der Waals surface area contributed by atoms with E-state index in [1.807, 2.05) is 6.92 Å². The van der Waals surface area contributed by atoms with E-state index in [1.54, 1.807) is 7.05 Å². The van der Waals surface area contributed by atoms with Crippen LogP contribution >= 0.6 is 0 Å². The Hall–Kier alpha value is -1.72. The van der Waals surface area contributed by atoms with Crippen molar-refractivity contribution in [1.29, 1.82) is 0 Å². The van der Waals surface area contributed by atoms with Crippen LogP contribution in [0.4, 0.5) is 18.9 Å². The number of anilines is 1. The Kier molecular flexibility index (Phi) is 4.16. The van der Waals surface area contributed by atoms with Crippen molar-refractivity contribution in [3.8, 4) is 0 Å². The summed E-state index contributed by atoms with van der Waals surface area (Å²) in [5.74, 6) is -0.452. The molecule has 0 aliphatic heterocycles. The SMILES string of the molecule is CCC1(NC(=O)c2cc(C(F)(F)F)ccc2NC)CCC1. The zero-order valence-electron chi connectivity index (χ0n) is 12.1. The molecule has 1 aromatic carbocycles. The summed E-state index contributed by atoms with van der Waals surface area (Å²) in [5, 5.41) is 5.67. The summed E-state index contributed by atoms with van der Waals surface area (Å²) < 4.78 is 38.4. The summed E-state index contributed by atoms with van der Waals surface area (Å²) in [5.41, 5.74) is -0.639. The predicted molar refractivity (Wildman–Crippen MR) is 75.3 cm³/mol. The van der Waals surface area contributed by atoms with Gasteiger partial charge in [-0.25, -0.2) is 0 Å². The molecule has 1 aromatic rings. The van der Waals surface area contributed by atoms with Crippen molar-refractivity contribution < 1.29 is 18.0 Å². The number of rotatable bonds is 4. The summed E-state index contributed by atoms with van der Waals surface area (Å²) in [7, 11) is 1.58. The second kappa shape index (κ2) is 5.58. The van der Waals surface area contributed by atoms with Crippen LogP contribution in [0.1, 0.15) is 48.5 Å². The molecular formula is C15H19F3N2O. The van der Waals surface area contributed by atoms with Crippen LogP contribution in [0.2, 0.25) is 0 Å². The summed E-state index contributed by atoms with van der Waals surface area (Å²) in [4.78, 5) is 12.4. The fraction of sp³-hybridized carbons (Fsp3) is 0.533. The Morgan fingerprint density at radius 3 is 2.43 bits per heavy atom. The zero-order valence-corrected chi connectivity index (χ0v) is 12.1. The number of hydrogen-bond acceptors (Lipinski definition) is 2. The first-order valence-electron chi connectivity index (χ1n) is 7.03. The monoisotopic (exact) mass is 300 g/mol. The van der Waals surface area contributed by atoms with Crippen LogP contribution in [0.15, 0.2) is 18.2 Å². The van der Waals surface area contributed by atoms with Crippen LogP contribution in [0.5, 0.6) is 0 Å². The Morgan fingerprint density at radius 2 is 2.00 bits per heavy atom. The molecule has 2 rings (SSSR count). The molecule has 0 aromatic heterocycles. The minimum Gasteiger partial charge on any atom is -0.387 e. The van der Waals surface area contributed by atoms with E-state index in [4.69, 9.17) is 0 Å². The van der Waals surface area contributed by atoms with Gasteiger partial charge in [0.15, 0.2) is 0 Å². The largest absolute Gasteiger partial charge is 0.416 e. The maximum Gasteiger partial charge on any atom is 0.416 e. The lowest BCUT2D eigenvalue weighted by atomic mass is 9.74. The Bertz CT molecular complexity index is 531. The van der Waals surface area contributed by atoms with E-state index in [1.165, 1.54) is 6.07 Å². The zero-order chi connectivity index (χ0) is 15.7. The molecule has 6 heteroatoms. The van der Waals surface area contributed by atoms with E-state index in [0.29, 0.717) is 5.69 Å². The van der Waals surface area contributed by atoms with Gasteiger partial charge in [0, 0.05) is 18.3 Å². The molecule has 116 valence electrons. The molecule has 0 atom stereocenters. The van der Waals surface area contributed by atoms with Crippen LogP contribution in [0.3, 0.4) is 0 Å². The van der Waals surface area contributed by atoms with E-state index in [-0.39, 0.29) is 11.1 Å². The molecule has 1 aliphatic rings. The van der Waals surface area contributed by atoms with E-state index >= 15 is 0 Å². The van der Waals surface area contributed by atoms with Gasteiger partial charge in [-0.3, -0.25) is 4.79 Å². The highest BCUT2D eigenvalue weighted by molar-refractivity contribution is 6.00. The molecule has 0 unspecified atom stereocenters. The number of alkyl halides is 3. The molecule has 0 spiro atoms. The van der Waals surface area contributed by atoms with Gasteiger partial charge in [0.1, 0.15) is 0 Å². The van der Waals surface area contributed by atoms with Gasteiger partial charge in [-0.1, -0.05) is 6.92 Å². The first-order chi connectivity index (χ1) is 9.81. The number of nitrogens with one attached hydrogen (secondary N) is 2. The predicted octanol–water partition coefficient (Wildman–Crippen LogP) is 3.81. The van der Waals surface area contributed by atoms with E-state index < -0.39 is 17.6 Å². The van der Waals surface area contributed by atoms with Crippen molar-refractivity contribution in [2.24, 2.45) is 0 Å². The van der Waals surface area contributed by atoms with Crippen molar-refractivity contribution in [3.05, 3.63) is 29.3 Å². The number of amides is 1. The molecular weight excluding hydrogens is 281 g/mol. The molecule has 0 bridgehead atoms. The van der Waals surface area contributed by atoms with Crippen molar-refractivity contribution >= 4 is 11.6 Å². The van der Waals surface area contributed by atoms with Crippen LogP contribution in [-0.4, -0.2) is 18.5 Å². The van der Waals surface area contributed by atoms with E-state index in [9.17, 15) is 18.0 Å². The summed E-state index contributed by atoms with van der Waals surface area (Å²) >= 11 is 0. The second-order valence-electron chi connectivity index (χ2n) is 5.45. The van der Waals surface area contributed by atoms with Gasteiger partial charge in [-0.05, 0) is 43.9 Å². The van der Waals surface area contributed by atoms with Crippen LogP contribution < -0.4 is 10.6 Å². The lowest BCUT2D eigenvalue weighted by Gasteiger charge is -2.42. The maximum absolute atomic E-state index is 12.8. The molecule has 0 heterocycles. The molecule has 0 saturated heterocycles. The van der Waals surface area contributed by atoms with Crippen LogP contribution in [-0.2, 0) is 6.18 Å². The minimum atomic E-state index is -4.46. The molecule has 3 nitrogen and oxygen atoms in total. The highest BCUT2D eigenvalue weighted by atomic mass is 19.4. The minimum absolute atomic E-state index is 0.0343. The van der Waals surface area contributed by atoms with Gasteiger partial charge in [0.05, 0.1) is 11.1 Å². The van der Waals surface area contributed by atoms with Crippen molar-refractivity contribution in [1.82, 2.24) is 5.32 Å². The number of carbonyl (C=O) groups excluding carboxylic acids is 1. The third-order valence-electron chi connectivity index (χ3n) is 4.23. The molecule has 1 saturated carbocycles. The topological polar surface area (TPSA) is 41.1 Å². The van der Waals surface area contributed by atoms with Gasteiger partial charge >= 0.3 is 6.18 Å². The number of carbonyl (C=O) groups is 1. The average molecular weight is 300 g/mol. The number of halogens is 3. The highest BCUT2D eigenvalue weighted by Gasteiger charge is 2.37. The number of hydrogen-bond donors (Lipinski definition) is 2.